The van der Waals surface area contributed by atoms with Crippen LogP contribution in [0.3, 0.4) is 0 Å². The maximum atomic E-state index is 12.9. The Bertz CT molecular complexity index is 1020. The maximum absolute atomic E-state index is 12.9. The number of amides is 2. The van der Waals surface area contributed by atoms with Crippen molar-refractivity contribution in [1.29, 1.82) is 0 Å². The molecule has 1 N–H and O–H groups in total. The monoisotopic (exact) mass is 388 g/mol. The van der Waals surface area contributed by atoms with Gasteiger partial charge in [0.1, 0.15) is 0 Å². The Morgan fingerprint density at radius 2 is 1.86 bits per heavy atom. The van der Waals surface area contributed by atoms with Gasteiger partial charge in [0.15, 0.2) is 0 Å². The molecule has 0 spiro atoms. The zero-order valence-electron chi connectivity index (χ0n) is 14.5. The van der Waals surface area contributed by atoms with Gasteiger partial charge < -0.3 is 9.84 Å². The maximum Gasteiger partial charge on any atom is 0.416 e. The highest BCUT2D eigenvalue weighted by Crippen LogP contribution is 2.32. The van der Waals surface area contributed by atoms with E-state index in [4.69, 9.17) is 4.52 Å². The molecule has 28 heavy (non-hydrogen) atoms. The fourth-order valence-corrected chi connectivity index (χ4v) is 2.98. The number of carbonyl (C=O) groups is 1. The third-order valence-corrected chi connectivity index (χ3v) is 4.36. The number of benzene rings is 2. The molecule has 0 saturated carbocycles. The number of anilines is 1. The largest absolute Gasteiger partial charge is 0.416 e. The molecule has 144 valence electrons. The molecule has 1 aliphatic rings. The molecule has 1 aliphatic heterocycles. The zero-order chi connectivity index (χ0) is 19.7. The van der Waals surface area contributed by atoms with E-state index in [1.165, 1.54) is 12.1 Å². The molecule has 2 amide bonds. The van der Waals surface area contributed by atoms with Crippen LogP contribution < -0.4 is 10.2 Å². The summed E-state index contributed by atoms with van der Waals surface area (Å²) >= 11 is 0. The first kappa shape index (κ1) is 18.0. The molecule has 1 aromatic heterocycles. The van der Waals surface area contributed by atoms with Gasteiger partial charge in [-0.2, -0.15) is 18.2 Å². The molecular formula is C19H15F3N4O2. The lowest BCUT2D eigenvalue weighted by atomic mass is 10.1. The summed E-state index contributed by atoms with van der Waals surface area (Å²) in [6.45, 7) is 1.23. The smallest absolute Gasteiger partial charge is 0.338 e. The molecular weight excluding hydrogens is 373 g/mol. The number of nitrogens with one attached hydrogen (secondary N) is 1. The Hall–Kier alpha value is -3.36. The second-order valence-electron chi connectivity index (χ2n) is 6.29. The number of aromatic nitrogens is 2. The Balaban J connectivity index is 1.63. The van der Waals surface area contributed by atoms with E-state index in [2.05, 4.69) is 15.5 Å². The van der Waals surface area contributed by atoms with Crippen molar-refractivity contribution >= 4 is 11.7 Å². The lowest BCUT2D eigenvalue weighted by Crippen LogP contribution is -2.46. The van der Waals surface area contributed by atoms with Gasteiger partial charge in [-0.15, -0.1) is 0 Å². The van der Waals surface area contributed by atoms with E-state index in [0.29, 0.717) is 24.3 Å². The summed E-state index contributed by atoms with van der Waals surface area (Å²) in [6, 6.07) is 11.6. The second-order valence-corrected chi connectivity index (χ2v) is 6.29. The van der Waals surface area contributed by atoms with Crippen molar-refractivity contribution in [2.75, 3.05) is 18.0 Å². The van der Waals surface area contributed by atoms with Crippen molar-refractivity contribution in [3.05, 3.63) is 54.1 Å². The number of halogens is 3. The van der Waals surface area contributed by atoms with E-state index in [0.717, 1.165) is 18.6 Å². The first-order valence-corrected chi connectivity index (χ1v) is 8.59. The van der Waals surface area contributed by atoms with E-state index in [-0.39, 0.29) is 23.3 Å². The Labute approximate surface area is 158 Å². The topological polar surface area (TPSA) is 71.3 Å². The first-order chi connectivity index (χ1) is 13.4. The molecule has 0 bridgehead atoms. The summed E-state index contributed by atoms with van der Waals surface area (Å²) in [5.41, 5.74) is 0.668. The Kier molecular flexibility index (Phi) is 4.50. The predicted octanol–water partition coefficient (Wildman–Crippen LogP) is 4.34. The minimum absolute atomic E-state index is 0.0576. The SMILES string of the molecule is O=C1NCCCN1c1cccc(-c2nc(-c3cccc(C(F)(F)F)c3)no2)c1. The Morgan fingerprint density at radius 3 is 2.64 bits per heavy atom. The van der Waals surface area contributed by atoms with Crippen LogP contribution in [0.25, 0.3) is 22.8 Å². The minimum Gasteiger partial charge on any atom is -0.338 e. The van der Waals surface area contributed by atoms with Gasteiger partial charge in [0, 0.05) is 29.9 Å². The van der Waals surface area contributed by atoms with E-state index < -0.39 is 11.7 Å². The van der Waals surface area contributed by atoms with Gasteiger partial charge in [-0.25, -0.2) is 4.79 Å². The molecule has 1 fully saturated rings. The first-order valence-electron chi connectivity index (χ1n) is 8.59. The summed E-state index contributed by atoms with van der Waals surface area (Å²) < 4.78 is 44.0. The lowest BCUT2D eigenvalue weighted by Gasteiger charge is -2.27. The quantitative estimate of drug-likeness (QED) is 0.725. The molecule has 0 atom stereocenters. The summed E-state index contributed by atoms with van der Waals surface area (Å²) in [4.78, 5) is 17.8. The van der Waals surface area contributed by atoms with Crippen molar-refractivity contribution < 1.29 is 22.5 Å². The normalized spacial score (nSPS) is 14.8. The molecule has 6 nitrogen and oxygen atoms in total. The molecule has 2 aromatic carbocycles. The summed E-state index contributed by atoms with van der Waals surface area (Å²) in [7, 11) is 0. The van der Waals surface area contributed by atoms with Crippen LogP contribution in [0.5, 0.6) is 0 Å². The van der Waals surface area contributed by atoms with Crippen LogP contribution in [0.2, 0.25) is 0 Å². The fourth-order valence-electron chi connectivity index (χ4n) is 2.98. The van der Waals surface area contributed by atoms with Crippen molar-refractivity contribution in [2.45, 2.75) is 12.6 Å². The Morgan fingerprint density at radius 1 is 1.07 bits per heavy atom. The lowest BCUT2D eigenvalue weighted by molar-refractivity contribution is -0.137. The number of hydrogen-bond acceptors (Lipinski definition) is 4. The van der Waals surface area contributed by atoms with Gasteiger partial charge >= 0.3 is 12.2 Å². The fraction of sp³-hybridized carbons (Fsp3) is 0.211. The highest BCUT2D eigenvalue weighted by molar-refractivity contribution is 5.93. The van der Waals surface area contributed by atoms with E-state index >= 15 is 0 Å². The van der Waals surface area contributed by atoms with Gasteiger partial charge in [0.2, 0.25) is 5.82 Å². The molecule has 3 aromatic rings. The van der Waals surface area contributed by atoms with Crippen LogP contribution in [0.15, 0.2) is 53.1 Å². The number of nitrogens with zero attached hydrogens (tertiary/aromatic N) is 3. The molecule has 0 radical (unpaired) electrons. The van der Waals surface area contributed by atoms with Gasteiger partial charge in [0.25, 0.3) is 5.89 Å². The van der Waals surface area contributed by atoms with Gasteiger partial charge in [0.05, 0.1) is 5.56 Å². The van der Waals surface area contributed by atoms with Crippen molar-refractivity contribution in [3.8, 4) is 22.8 Å². The molecule has 0 aliphatic carbocycles. The number of rotatable bonds is 3. The van der Waals surface area contributed by atoms with E-state index in [1.54, 1.807) is 29.2 Å². The number of carbonyl (C=O) groups excluding carboxylic acids is 1. The van der Waals surface area contributed by atoms with Crippen LogP contribution in [-0.2, 0) is 6.18 Å². The third-order valence-electron chi connectivity index (χ3n) is 4.36. The van der Waals surface area contributed by atoms with Crippen molar-refractivity contribution in [1.82, 2.24) is 15.5 Å². The van der Waals surface area contributed by atoms with E-state index in [1.807, 2.05) is 0 Å². The highest BCUT2D eigenvalue weighted by atomic mass is 19.4. The van der Waals surface area contributed by atoms with Crippen LogP contribution in [0, 0.1) is 0 Å². The van der Waals surface area contributed by atoms with E-state index in [9.17, 15) is 18.0 Å². The number of hydrogen-bond donors (Lipinski definition) is 1. The predicted molar refractivity (Wildman–Crippen MR) is 95.5 cm³/mol. The minimum atomic E-state index is -4.45. The van der Waals surface area contributed by atoms with Crippen LogP contribution >= 0.6 is 0 Å². The highest BCUT2D eigenvalue weighted by Gasteiger charge is 2.30. The zero-order valence-corrected chi connectivity index (χ0v) is 14.5. The van der Waals surface area contributed by atoms with Crippen LogP contribution in [-0.4, -0.2) is 29.3 Å². The average Bonchev–Trinajstić information content (AvgIpc) is 3.18. The molecule has 9 heteroatoms. The second kappa shape index (κ2) is 6.99. The van der Waals surface area contributed by atoms with Crippen molar-refractivity contribution in [3.63, 3.8) is 0 Å². The third kappa shape index (κ3) is 3.55. The van der Waals surface area contributed by atoms with Gasteiger partial charge in [-0.05, 0) is 36.8 Å². The van der Waals surface area contributed by atoms with Gasteiger partial charge in [-0.1, -0.05) is 23.4 Å². The summed E-state index contributed by atoms with van der Waals surface area (Å²) in [5.74, 6) is 0.217. The van der Waals surface area contributed by atoms with Crippen molar-refractivity contribution in [2.24, 2.45) is 0 Å². The molecule has 2 heterocycles. The summed E-state index contributed by atoms with van der Waals surface area (Å²) in [5, 5.41) is 6.57. The van der Waals surface area contributed by atoms with Gasteiger partial charge in [-0.3, -0.25) is 4.90 Å². The molecule has 0 unspecified atom stereocenters. The summed E-state index contributed by atoms with van der Waals surface area (Å²) in [6.07, 6.45) is -3.62. The molecule has 1 saturated heterocycles. The standard InChI is InChI=1S/C19H15F3N4O2/c20-19(21,22)14-6-1-4-12(10-14)16-24-17(28-25-16)13-5-2-7-15(11-13)26-9-3-8-23-18(26)27/h1-2,4-7,10-11H,3,8-9H2,(H,23,27). The van der Waals surface area contributed by atoms with Crippen LogP contribution in [0.4, 0.5) is 23.7 Å². The number of alkyl halides is 3. The molecule has 4 rings (SSSR count). The van der Waals surface area contributed by atoms with Crippen LogP contribution in [0.1, 0.15) is 12.0 Å². The number of urea groups is 1. The average molecular weight is 388 g/mol.